The molecule has 2 aromatic rings. The van der Waals surface area contributed by atoms with E-state index in [9.17, 15) is 13.2 Å². The van der Waals surface area contributed by atoms with Gasteiger partial charge in [-0.2, -0.15) is 0 Å². The maximum absolute atomic E-state index is 11.5. The minimum atomic E-state index is -3.12. The highest BCUT2D eigenvalue weighted by molar-refractivity contribution is 7.90. The summed E-state index contributed by atoms with van der Waals surface area (Å²) in [5, 5.41) is 4.53. The molecule has 0 aromatic carbocycles. The molecule has 0 saturated carbocycles. The van der Waals surface area contributed by atoms with Crippen molar-refractivity contribution in [2.45, 2.75) is 13.0 Å². The smallest absolute Gasteiger partial charge is 0.236 e. The Kier molecular flexibility index (Phi) is 4.56. The van der Waals surface area contributed by atoms with E-state index in [4.69, 9.17) is 4.42 Å². The number of amides is 1. The lowest BCUT2D eigenvalue weighted by Crippen LogP contribution is -2.25. The molecule has 1 amide bonds. The van der Waals surface area contributed by atoms with Crippen molar-refractivity contribution in [1.29, 1.82) is 0 Å². The molecule has 0 aliphatic heterocycles. The predicted octanol–water partition coefficient (Wildman–Crippen LogP) is 1.45. The van der Waals surface area contributed by atoms with Crippen LogP contribution in [0, 0.1) is 0 Å². The van der Waals surface area contributed by atoms with Gasteiger partial charge < -0.3 is 9.73 Å². The number of aromatic nitrogens is 1. The van der Waals surface area contributed by atoms with E-state index in [1.165, 1.54) is 17.6 Å². The molecule has 2 heterocycles. The van der Waals surface area contributed by atoms with Crippen molar-refractivity contribution < 1.29 is 17.6 Å². The van der Waals surface area contributed by atoms with Gasteiger partial charge in [0.25, 0.3) is 0 Å². The van der Waals surface area contributed by atoms with E-state index in [0.717, 1.165) is 11.1 Å². The zero-order valence-electron chi connectivity index (χ0n) is 10.8. The maximum Gasteiger partial charge on any atom is 0.236 e. The van der Waals surface area contributed by atoms with Crippen LogP contribution < -0.4 is 5.32 Å². The molecule has 2 rings (SSSR count). The molecule has 0 bridgehead atoms. The van der Waals surface area contributed by atoms with Crippen LogP contribution in [0.3, 0.4) is 0 Å². The first kappa shape index (κ1) is 14.7. The summed E-state index contributed by atoms with van der Waals surface area (Å²) in [4.78, 5) is 16.6. The van der Waals surface area contributed by atoms with Gasteiger partial charge >= 0.3 is 0 Å². The largest absolute Gasteiger partial charge is 0.443 e. The Bertz CT molecular complexity index is 674. The molecule has 0 aliphatic carbocycles. The van der Waals surface area contributed by atoms with E-state index in [1.807, 2.05) is 17.5 Å². The molecule has 0 unspecified atom stereocenters. The summed E-state index contributed by atoms with van der Waals surface area (Å²) in [5.74, 6) is 0.0365. The van der Waals surface area contributed by atoms with E-state index in [0.29, 0.717) is 11.6 Å². The van der Waals surface area contributed by atoms with Gasteiger partial charge in [0.1, 0.15) is 16.1 Å². The Morgan fingerprint density at radius 2 is 2.30 bits per heavy atom. The molecule has 1 N–H and O–H groups in total. The van der Waals surface area contributed by atoms with E-state index < -0.39 is 9.84 Å². The van der Waals surface area contributed by atoms with Crippen LogP contribution in [0.4, 0.5) is 0 Å². The fourth-order valence-corrected chi connectivity index (χ4v) is 2.67. The van der Waals surface area contributed by atoms with Crippen molar-refractivity contribution >= 4 is 27.1 Å². The molecule has 6 nitrogen and oxygen atoms in total. The van der Waals surface area contributed by atoms with Crippen molar-refractivity contribution in [3.05, 3.63) is 29.5 Å². The van der Waals surface area contributed by atoms with Crippen molar-refractivity contribution in [3.63, 3.8) is 0 Å². The molecule has 8 heteroatoms. The number of nitrogens with zero attached hydrogens (tertiary/aromatic N) is 1. The Hall–Kier alpha value is -1.67. The molecule has 2 aromatic heterocycles. The van der Waals surface area contributed by atoms with E-state index in [-0.39, 0.29) is 24.6 Å². The molecule has 0 fully saturated rings. The molecule has 0 spiro atoms. The summed E-state index contributed by atoms with van der Waals surface area (Å²) in [7, 11) is -3.12. The Morgan fingerprint density at radius 3 is 2.95 bits per heavy atom. The summed E-state index contributed by atoms with van der Waals surface area (Å²) < 4.78 is 27.2. The zero-order chi connectivity index (χ0) is 14.6. The van der Waals surface area contributed by atoms with Crippen molar-refractivity contribution in [3.8, 4) is 10.8 Å². The number of sulfone groups is 1. The van der Waals surface area contributed by atoms with Crippen LogP contribution in [0.1, 0.15) is 12.1 Å². The summed E-state index contributed by atoms with van der Waals surface area (Å²) >= 11 is 1.51. The van der Waals surface area contributed by atoms with Gasteiger partial charge in [-0.05, 0) is 11.4 Å². The van der Waals surface area contributed by atoms with E-state index >= 15 is 0 Å². The fourth-order valence-electron chi connectivity index (χ4n) is 1.46. The Morgan fingerprint density at radius 1 is 1.50 bits per heavy atom. The van der Waals surface area contributed by atoms with Crippen LogP contribution in [0.25, 0.3) is 10.8 Å². The van der Waals surface area contributed by atoms with Crippen LogP contribution in [-0.2, 0) is 21.2 Å². The average Bonchev–Trinajstić information content (AvgIpc) is 3.03. The third-order valence-corrected chi connectivity index (χ3v) is 4.25. The van der Waals surface area contributed by atoms with Crippen molar-refractivity contribution in [1.82, 2.24) is 10.3 Å². The van der Waals surface area contributed by atoms with Gasteiger partial charge in [-0.1, -0.05) is 6.07 Å². The molecule has 0 saturated heterocycles. The third kappa shape index (κ3) is 4.46. The number of carbonyl (C=O) groups is 1. The first-order valence-corrected chi connectivity index (χ1v) is 8.81. The van der Waals surface area contributed by atoms with Gasteiger partial charge in [0.15, 0.2) is 0 Å². The Labute approximate surface area is 120 Å². The molecule has 108 valence electrons. The number of hydrogen-bond acceptors (Lipinski definition) is 6. The van der Waals surface area contributed by atoms with Crippen LogP contribution in [0.15, 0.2) is 28.2 Å². The minimum absolute atomic E-state index is 0.0472. The summed E-state index contributed by atoms with van der Waals surface area (Å²) in [6, 6.07) is 3.79. The lowest BCUT2D eigenvalue weighted by Gasteiger charge is -2.01. The van der Waals surface area contributed by atoms with Crippen LogP contribution in [-0.4, -0.2) is 31.3 Å². The number of rotatable bonds is 6. The zero-order valence-corrected chi connectivity index (χ0v) is 12.5. The molecular weight excluding hydrogens is 300 g/mol. The first-order chi connectivity index (χ1) is 9.44. The van der Waals surface area contributed by atoms with Crippen LogP contribution >= 0.6 is 11.3 Å². The fraction of sp³-hybridized carbons (Fsp3) is 0.333. The molecular formula is C12H14N2O4S2. The number of hydrogen-bond donors (Lipinski definition) is 1. The number of oxazole rings is 1. The molecule has 0 aliphatic rings. The predicted molar refractivity (Wildman–Crippen MR) is 76.0 cm³/mol. The van der Waals surface area contributed by atoms with Gasteiger partial charge in [-0.25, -0.2) is 13.4 Å². The first-order valence-electron chi connectivity index (χ1n) is 5.87. The highest BCUT2D eigenvalue weighted by Gasteiger charge is 2.10. The highest BCUT2D eigenvalue weighted by atomic mass is 32.2. The van der Waals surface area contributed by atoms with Gasteiger partial charge in [0.2, 0.25) is 11.8 Å². The standard InChI is InChI=1S/C12H14N2O4S2/c1-20(16,17)6-4-11(15)13-7-9-8-18-12(14-9)10-3-2-5-19-10/h2-3,5,8H,4,6-7H2,1H3,(H,13,15). The lowest BCUT2D eigenvalue weighted by atomic mass is 10.4. The van der Waals surface area contributed by atoms with E-state index in [1.54, 1.807) is 0 Å². The number of carbonyl (C=O) groups excluding carboxylic acids is 1. The SMILES string of the molecule is CS(=O)(=O)CCC(=O)NCc1coc(-c2cccs2)n1. The van der Waals surface area contributed by atoms with Gasteiger partial charge in [0, 0.05) is 12.7 Å². The number of nitrogens with one attached hydrogen (secondary N) is 1. The average molecular weight is 314 g/mol. The van der Waals surface area contributed by atoms with Gasteiger partial charge in [-0.15, -0.1) is 11.3 Å². The normalized spacial score (nSPS) is 11.4. The van der Waals surface area contributed by atoms with Gasteiger partial charge in [-0.3, -0.25) is 4.79 Å². The molecule has 0 atom stereocenters. The van der Waals surface area contributed by atoms with Crippen molar-refractivity contribution in [2.75, 3.05) is 12.0 Å². The second-order valence-electron chi connectivity index (χ2n) is 4.28. The third-order valence-electron chi connectivity index (χ3n) is 2.45. The monoisotopic (exact) mass is 314 g/mol. The van der Waals surface area contributed by atoms with E-state index in [2.05, 4.69) is 10.3 Å². The minimum Gasteiger partial charge on any atom is -0.443 e. The molecule has 0 radical (unpaired) electrons. The summed E-state index contributed by atoms with van der Waals surface area (Å²) in [5.41, 5.74) is 0.598. The van der Waals surface area contributed by atoms with Crippen LogP contribution in [0.5, 0.6) is 0 Å². The quantitative estimate of drug-likeness (QED) is 0.871. The summed E-state index contributed by atoms with van der Waals surface area (Å²) in [6.45, 7) is 0.220. The van der Waals surface area contributed by atoms with Gasteiger partial charge in [0.05, 0.1) is 22.9 Å². The second-order valence-corrected chi connectivity index (χ2v) is 7.49. The Balaban J connectivity index is 1.84. The lowest BCUT2D eigenvalue weighted by molar-refractivity contribution is -0.120. The molecule has 20 heavy (non-hydrogen) atoms. The number of thiophene rings is 1. The topological polar surface area (TPSA) is 89.3 Å². The maximum atomic E-state index is 11.5. The summed E-state index contributed by atoms with van der Waals surface area (Å²) in [6.07, 6.45) is 2.53. The van der Waals surface area contributed by atoms with Crippen molar-refractivity contribution in [2.24, 2.45) is 0 Å². The highest BCUT2D eigenvalue weighted by Crippen LogP contribution is 2.23. The van der Waals surface area contributed by atoms with Crippen LogP contribution in [0.2, 0.25) is 0 Å². The second kappa shape index (κ2) is 6.19.